The van der Waals surface area contributed by atoms with Gasteiger partial charge in [0.25, 0.3) is 0 Å². The zero-order valence-corrected chi connectivity index (χ0v) is 8.21. The molecule has 0 radical (unpaired) electrons. The van der Waals surface area contributed by atoms with E-state index in [0.717, 1.165) is 18.6 Å². The van der Waals surface area contributed by atoms with Crippen molar-refractivity contribution in [2.24, 2.45) is 0 Å². The highest BCUT2D eigenvalue weighted by Crippen LogP contribution is 2.34. The first-order chi connectivity index (χ1) is 6.42. The molecule has 2 aliphatic rings. The van der Waals surface area contributed by atoms with Gasteiger partial charge in [-0.1, -0.05) is 12.8 Å². The number of hydrogen-bond acceptors (Lipinski definition) is 2. The summed E-state index contributed by atoms with van der Waals surface area (Å²) in [6.45, 7) is 1.02. The number of nitriles is 1. The van der Waals surface area contributed by atoms with Gasteiger partial charge in [-0.25, -0.2) is 0 Å². The maximum atomic E-state index is 8.58. The van der Waals surface area contributed by atoms with Gasteiger partial charge in [-0.2, -0.15) is 5.26 Å². The quantitative estimate of drug-likeness (QED) is 0.660. The number of rotatable bonds is 4. The number of nitrogens with zero attached hydrogens (tertiary/aromatic N) is 2. The van der Waals surface area contributed by atoms with Gasteiger partial charge in [0, 0.05) is 25.0 Å². The molecule has 0 aromatic carbocycles. The van der Waals surface area contributed by atoms with Gasteiger partial charge in [-0.05, 0) is 25.7 Å². The molecule has 0 aliphatic heterocycles. The van der Waals surface area contributed by atoms with Gasteiger partial charge >= 0.3 is 0 Å². The fourth-order valence-electron chi connectivity index (χ4n) is 2.48. The molecule has 13 heavy (non-hydrogen) atoms. The van der Waals surface area contributed by atoms with E-state index in [-0.39, 0.29) is 0 Å². The van der Waals surface area contributed by atoms with Crippen LogP contribution in [0.5, 0.6) is 0 Å². The molecule has 2 nitrogen and oxygen atoms in total. The standard InChI is InChI=1S/C11H18N2/c12-8-3-9-13(11-6-7-11)10-4-1-2-5-10/h10-11H,1-7,9H2. The summed E-state index contributed by atoms with van der Waals surface area (Å²) >= 11 is 0. The van der Waals surface area contributed by atoms with Gasteiger partial charge in [0.15, 0.2) is 0 Å². The van der Waals surface area contributed by atoms with Gasteiger partial charge < -0.3 is 0 Å². The second-order valence-corrected chi connectivity index (χ2v) is 4.32. The van der Waals surface area contributed by atoms with Crippen molar-refractivity contribution in [3.63, 3.8) is 0 Å². The lowest BCUT2D eigenvalue weighted by atomic mass is 10.2. The topological polar surface area (TPSA) is 27.0 Å². The Morgan fingerprint density at radius 1 is 1.08 bits per heavy atom. The van der Waals surface area contributed by atoms with Crippen molar-refractivity contribution in [1.82, 2.24) is 4.90 Å². The van der Waals surface area contributed by atoms with Crippen LogP contribution in [0.3, 0.4) is 0 Å². The van der Waals surface area contributed by atoms with E-state index in [1.54, 1.807) is 0 Å². The lowest BCUT2D eigenvalue weighted by Crippen LogP contribution is -2.35. The van der Waals surface area contributed by atoms with Crippen molar-refractivity contribution in [1.29, 1.82) is 5.26 Å². The molecule has 2 saturated carbocycles. The summed E-state index contributed by atoms with van der Waals surface area (Å²) in [5.74, 6) is 0. The van der Waals surface area contributed by atoms with Crippen LogP contribution in [0.4, 0.5) is 0 Å². The fraction of sp³-hybridized carbons (Fsp3) is 0.909. The Hall–Kier alpha value is -0.550. The van der Waals surface area contributed by atoms with Crippen molar-refractivity contribution in [2.45, 2.75) is 57.0 Å². The predicted octanol–water partition coefficient (Wildman–Crippen LogP) is 2.31. The Balaban J connectivity index is 1.84. The van der Waals surface area contributed by atoms with Crippen molar-refractivity contribution >= 4 is 0 Å². The third kappa shape index (κ3) is 2.22. The van der Waals surface area contributed by atoms with Crippen LogP contribution in [0.2, 0.25) is 0 Å². The highest BCUT2D eigenvalue weighted by molar-refractivity contribution is 4.91. The van der Waals surface area contributed by atoms with Crippen LogP contribution in [0.1, 0.15) is 44.9 Å². The van der Waals surface area contributed by atoms with Crippen molar-refractivity contribution in [3.8, 4) is 6.07 Å². The first-order valence-corrected chi connectivity index (χ1v) is 5.54. The Morgan fingerprint density at radius 3 is 2.23 bits per heavy atom. The molecule has 2 heteroatoms. The average molecular weight is 178 g/mol. The van der Waals surface area contributed by atoms with E-state index in [4.69, 9.17) is 5.26 Å². The van der Waals surface area contributed by atoms with Gasteiger partial charge in [-0.3, -0.25) is 4.90 Å². The van der Waals surface area contributed by atoms with E-state index in [1.165, 1.54) is 38.5 Å². The second-order valence-electron chi connectivity index (χ2n) is 4.32. The summed E-state index contributed by atoms with van der Waals surface area (Å²) in [6, 6.07) is 3.93. The van der Waals surface area contributed by atoms with E-state index >= 15 is 0 Å². The Morgan fingerprint density at radius 2 is 1.69 bits per heavy atom. The maximum absolute atomic E-state index is 8.58. The molecule has 2 fully saturated rings. The summed E-state index contributed by atoms with van der Waals surface area (Å²) in [6.07, 6.45) is 9.03. The molecular formula is C11H18N2. The third-order valence-corrected chi connectivity index (χ3v) is 3.29. The Kier molecular flexibility index (Phi) is 2.85. The van der Waals surface area contributed by atoms with E-state index in [0.29, 0.717) is 6.42 Å². The molecule has 0 saturated heterocycles. The SMILES string of the molecule is N#CCCN(C1CCCC1)C1CC1. The van der Waals surface area contributed by atoms with Crippen LogP contribution in [0, 0.1) is 11.3 Å². The van der Waals surface area contributed by atoms with Crippen LogP contribution in [-0.4, -0.2) is 23.5 Å². The molecule has 0 N–H and O–H groups in total. The first kappa shape index (κ1) is 9.02. The molecule has 0 bridgehead atoms. The molecular weight excluding hydrogens is 160 g/mol. The van der Waals surface area contributed by atoms with E-state index in [1.807, 2.05) is 0 Å². The zero-order valence-electron chi connectivity index (χ0n) is 8.21. The summed E-state index contributed by atoms with van der Waals surface area (Å²) in [5, 5.41) is 8.58. The van der Waals surface area contributed by atoms with Gasteiger partial charge in [0.05, 0.1) is 6.07 Å². The second kappa shape index (κ2) is 4.11. The zero-order chi connectivity index (χ0) is 9.10. The minimum atomic E-state index is 0.715. The van der Waals surface area contributed by atoms with Crippen molar-refractivity contribution in [2.75, 3.05) is 6.54 Å². The molecule has 0 aromatic rings. The Bertz CT molecular complexity index is 197. The Labute approximate surface area is 80.5 Å². The van der Waals surface area contributed by atoms with Crippen LogP contribution >= 0.6 is 0 Å². The first-order valence-electron chi connectivity index (χ1n) is 5.54. The highest BCUT2D eigenvalue weighted by Gasteiger charge is 2.34. The molecule has 2 aliphatic carbocycles. The summed E-state index contributed by atoms with van der Waals surface area (Å²) < 4.78 is 0. The summed E-state index contributed by atoms with van der Waals surface area (Å²) in [4.78, 5) is 2.61. The average Bonchev–Trinajstić information content (AvgIpc) is 2.82. The van der Waals surface area contributed by atoms with Gasteiger partial charge in [0.1, 0.15) is 0 Å². The molecule has 0 unspecified atom stereocenters. The van der Waals surface area contributed by atoms with Crippen molar-refractivity contribution < 1.29 is 0 Å². The molecule has 0 aromatic heterocycles. The smallest absolute Gasteiger partial charge is 0.0635 e. The lowest BCUT2D eigenvalue weighted by Gasteiger charge is -2.27. The molecule has 0 spiro atoms. The van der Waals surface area contributed by atoms with Crippen LogP contribution in [-0.2, 0) is 0 Å². The van der Waals surface area contributed by atoms with E-state index in [9.17, 15) is 0 Å². The molecule has 0 amide bonds. The van der Waals surface area contributed by atoms with Crippen LogP contribution in [0.25, 0.3) is 0 Å². The normalized spacial score (nSPS) is 23.7. The lowest BCUT2D eigenvalue weighted by molar-refractivity contribution is 0.192. The van der Waals surface area contributed by atoms with Crippen molar-refractivity contribution in [3.05, 3.63) is 0 Å². The van der Waals surface area contributed by atoms with E-state index < -0.39 is 0 Å². The molecule has 0 atom stereocenters. The molecule has 0 heterocycles. The van der Waals surface area contributed by atoms with Crippen LogP contribution in [0.15, 0.2) is 0 Å². The molecule has 2 rings (SSSR count). The summed E-state index contributed by atoms with van der Waals surface area (Å²) in [7, 11) is 0. The minimum Gasteiger partial charge on any atom is -0.296 e. The minimum absolute atomic E-state index is 0.715. The van der Waals surface area contributed by atoms with E-state index in [2.05, 4.69) is 11.0 Å². The highest BCUT2D eigenvalue weighted by atomic mass is 15.2. The molecule has 72 valence electrons. The summed E-state index contributed by atoms with van der Waals surface area (Å²) in [5.41, 5.74) is 0. The van der Waals surface area contributed by atoms with Gasteiger partial charge in [0.2, 0.25) is 0 Å². The van der Waals surface area contributed by atoms with Crippen LogP contribution < -0.4 is 0 Å². The predicted molar refractivity (Wildman–Crippen MR) is 52.2 cm³/mol. The van der Waals surface area contributed by atoms with Gasteiger partial charge in [-0.15, -0.1) is 0 Å². The maximum Gasteiger partial charge on any atom is 0.0635 e. The monoisotopic (exact) mass is 178 g/mol. The largest absolute Gasteiger partial charge is 0.296 e. The number of hydrogen-bond donors (Lipinski definition) is 0. The fourth-order valence-corrected chi connectivity index (χ4v) is 2.48. The third-order valence-electron chi connectivity index (χ3n) is 3.29.